The van der Waals surface area contributed by atoms with Crippen LogP contribution in [0.2, 0.25) is 0 Å². The lowest BCUT2D eigenvalue weighted by Crippen LogP contribution is -2.30. The van der Waals surface area contributed by atoms with Crippen LogP contribution in [0.4, 0.5) is 5.69 Å². The van der Waals surface area contributed by atoms with E-state index in [0.29, 0.717) is 24.1 Å². The summed E-state index contributed by atoms with van der Waals surface area (Å²) < 4.78 is 26.5. The molecule has 17 heavy (non-hydrogen) atoms. The minimum Gasteiger partial charge on any atom is -0.399 e. The molecule has 1 aromatic carbocycles. The third kappa shape index (κ3) is 4.02. The molecule has 1 rings (SSSR count). The van der Waals surface area contributed by atoms with Crippen molar-refractivity contribution in [2.45, 2.75) is 25.7 Å². The summed E-state index contributed by atoms with van der Waals surface area (Å²) in [5.74, 6) is 0.740. The molecule has 0 aliphatic heterocycles. The maximum absolute atomic E-state index is 11.9. The number of nitrogens with two attached hydrogens (primary N) is 1. The molecule has 0 bridgehead atoms. The SMILES string of the molecule is CC(C)C(C)CNS(=O)(=O)c1cccc(N)c1. The molecule has 0 aliphatic carbocycles. The number of rotatable bonds is 5. The lowest BCUT2D eigenvalue weighted by molar-refractivity contribution is 0.414. The first-order valence-electron chi connectivity index (χ1n) is 5.68. The molecule has 0 spiro atoms. The van der Waals surface area contributed by atoms with Gasteiger partial charge in [-0.2, -0.15) is 0 Å². The average Bonchev–Trinajstić information content (AvgIpc) is 2.26. The van der Waals surface area contributed by atoms with Gasteiger partial charge in [0.25, 0.3) is 0 Å². The molecular formula is C12H20N2O2S. The van der Waals surface area contributed by atoms with Crippen LogP contribution in [0.5, 0.6) is 0 Å². The molecule has 4 nitrogen and oxygen atoms in total. The molecule has 0 aromatic heterocycles. The minimum absolute atomic E-state index is 0.216. The second-order valence-electron chi connectivity index (χ2n) is 4.65. The molecule has 0 saturated heterocycles. The summed E-state index contributed by atoms with van der Waals surface area (Å²) in [7, 11) is -3.44. The topological polar surface area (TPSA) is 72.2 Å². The van der Waals surface area contributed by atoms with Gasteiger partial charge in [-0.15, -0.1) is 0 Å². The van der Waals surface area contributed by atoms with Crippen molar-refractivity contribution in [3.63, 3.8) is 0 Å². The maximum Gasteiger partial charge on any atom is 0.240 e. The van der Waals surface area contributed by atoms with Gasteiger partial charge in [0, 0.05) is 12.2 Å². The van der Waals surface area contributed by atoms with Crippen LogP contribution in [-0.2, 0) is 10.0 Å². The van der Waals surface area contributed by atoms with E-state index in [1.165, 1.54) is 6.07 Å². The van der Waals surface area contributed by atoms with Crippen LogP contribution in [0.1, 0.15) is 20.8 Å². The fraction of sp³-hybridized carbons (Fsp3) is 0.500. The molecule has 5 heteroatoms. The Morgan fingerprint density at radius 2 is 1.94 bits per heavy atom. The van der Waals surface area contributed by atoms with E-state index in [4.69, 9.17) is 5.73 Å². The highest BCUT2D eigenvalue weighted by molar-refractivity contribution is 7.89. The zero-order chi connectivity index (χ0) is 13.1. The molecule has 0 aliphatic rings. The van der Waals surface area contributed by atoms with Gasteiger partial charge in [0.15, 0.2) is 0 Å². The predicted molar refractivity (Wildman–Crippen MR) is 70.0 cm³/mol. The van der Waals surface area contributed by atoms with E-state index in [1.54, 1.807) is 18.2 Å². The van der Waals surface area contributed by atoms with Crippen molar-refractivity contribution in [2.24, 2.45) is 11.8 Å². The summed E-state index contributed by atoms with van der Waals surface area (Å²) in [6.07, 6.45) is 0. The largest absolute Gasteiger partial charge is 0.399 e. The number of hydrogen-bond acceptors (Lipinski definition) is 3. The van der Waals surface area contributed by atoms with Gasteiger partial charge < -0.3 is 5.73 Å². The Kier molecular flexibility index (Phi) is 4.54. The highest BCUT2D eigenvalue weighted by atomic mass is 32.2. The zero-order valence-corrected chi connectivity index (χ0v) is 11.3. The van der Waals surface area contributed by atoms with Gasteiger partial charge >= 0.3 is 0 Å². The second kappa shape index (κ2) is 5.51. The maximum atomic E-state index is 11.9. The first-order chi connectivity index (χ1) is 7.83. The predicted octanol–water partition coefficient (Wildman–Crippen LogP) is 1.84. The zero-order valence-electron chi connectivity index (χ0n) is 10.5. The monoisotopic (exact) mass is 256 g/mol. The van der Waals surface area contributed by atoms with Gasteiger partial charge in [-0.1, -0.05) is 26.8 Å². The second-order valence-corrected chi connectivity index (χ2v) is 6.41. The van der Waals surface area contributed by atoms with E-state index in [0.717, 1.165) is 0 Å². The van der Waals surface area contributed by atoms with E-state index >= 15 is 0 Å². The Morgan fingerprint density at radius 1 is 1.29 bits per heavy atom. The number of nitrogen functional groups attached to an aromatic ring is 1. The summed E-state index contributed by atoms with van der Waals surface area (Å²) in [6, 6.07) is 6.30. The van der Waals surface area contributed by atoms with Gasteiger partial charge in [0.05, 0.1) is 4.90 Å². The molecule has 96 valence electrons. The van der Waals surface area contributed by atoms with Crippen molar-refractivity contribution < 1.29 is 8.42 Å². The van der Waals surface area contributed by atoms with E-state index in [1.807, 2.05) is 6.92 Å². The van der Waals surface area contributed by atoms with Crippen molar-refractivity contribution in [1.29, 1.82) is 0 Å². The van der Waals surface area contributed by atoms with Crippen LogP contribution in [0.3, 0.4) is 0 Å². The Labute approximate surface area is 103 Å². The highest BCUT2D eigenvalue weighted by Crippen LogP contribution is 2.14. The highest BCUT2D eigenvalue weighted by Gasteiger charge is 2.16. The van der Waals surface area contributed by atoms with Gasteiger partial charge in [-0.25, -0.2) is 13.1 Å². The number of hydrogen-bond donors (Lipinski definition) is 2. The third-order valence-corrected chi connectivity index (χ3v) is 4.32. The van der Waals surface area contributed by atoms with Crippen LogP contribution in [-0.4, -0.2) is 15.0 Å². The van der Waals surface area contributed by atoms with Gasteiger partial charge in [0.1, 0.15) is 0 Å². The first-order valence-corrected chi connectivity index (χ1v) is 7.16. The normalized spacial score (nSPS) is 13.9. The molecular weight excluding hydrogens is 236 g/mol. The van der Waals surface area contributed by atoms with Crippen molar-refractivity contribution >= 4 is 15.7 Å². The van der Waals surface area contributed by atoms with Crippen LogP contribution in [0, 0.1) is 11.8 Å². The van der Waals surface area contributed by atoms with Crippen LogP contribution in [0.15, 0.2) is 29.2 Å². The van der Waals surface area contributed by atoms with Crippen molar-refractivity contribution in [3.8, 4) is 0 Å². The van der Waals surface area contributed by atoms with Gasteiger partial charge in [-0.05, 0) is 30.0 Å². The average molecular weight is 256 g/mol. The number of benzene rings is 1. The Hall–Kier alpha value is -1.07. The molecule has 0 radical (unpaired) electrons. The number of sulfonamides is 1. The summed E-state index contributed by atoms with van der Waals surface area (Å²) in [4.78, 5) is 0.216. The molecule has 1 aromatic rings. The van der Waals surface area contributed by atoms with Crippen molar-refractivity contribution in [1.82, 2.24) is 4.72 Å². The Bertz CT molecular complexity index is 469. The Balaban J connectivity index is 2.76. The van der Waals surface area contributed by atoms with Crippen LogP contribution >= 0.6 is 0 Å². The smallest absolute Gasteiger partial charge is 0.240 e. The van der Waals surface area contributed by atoms with Crippen LogP contribution < -0.4 is 10.5 Å². The van der Waals surface area contributed by atoms with Gasteiger partial charge in [0.2, 0.25) is 10.0 Å². The third-order valence-electron chi connectivity index (χ3n) is 2.90. The standard InChI is InChI=1S/C12H20N2O2S/c1-9(2)10(3)8-14-17(15,16)12-6-4-5-11(13)7-12/h4-7,9-10,14H,8,13H2,1-3H3. The molecule has 0 saturated carbocycles. The molecule has 0 fully saturated rings. The summed E-state index contributed by atoms with van der Waals surface area (Å²) in [5, 5.41) is 0. The summed E-state index contributed by atoms with van der Waals surface area (Å²) >= 11 is 0. The molecule has 0 heterocycles. The van der Waals surface area contributed by atoms with Crippen molar-refractivity contribution in [3.05, 3.63) is 24.3 Å². The number of nitrogens with one attached hydrogen (secondary N) is 1. The fourth-order valence-electron chi connectivity index (χ4n) is 1.24. The lowest BCUT2D eigenvalue weighted by atomic mass is 9.99. The quantitative estimate of drug-likeness (QED) is 0.790. The molecule has 0 amide bonds. The Morgan fingerprint density at radius 3 is 2.47 bits per heavy atom. The lowest BCUT2D eigenvalue weighted by Gasteiger charge is -2.16. The van der Waals surface area contributed by atoms with Crippen LogP contribution in [0.25, 0.3) is 0 Å². The fourth-order valence-corrected chi connectivity index (χ4v) is 2.44. The molecule has 1 unspecified atom stereocenters. The van der Waals surface area contributed by atoms with E-state index in [2.05, 4.69) is 18.6 Å². The summed E-state index contributed by atoms with van der Waals surface area (Å²) in [6.45, 7) is 6.60. The van der Waals surface area contributed by atoms with E-state index in [9.17, 15) is 8.42 Å². The summed E-state index contributed by atoms with van der Waals surface area (Å²) in [5.41, 5.74) is 6.02. The first kappa shape index (κ1) is 14.0. The van der Waals surface area contributed by atoms with Gasteiger partial charge in [-0.3, -0.25) is 0 Å². The van der Waals surface area contributed by atoms with E-state index in [-0.39, 0.29) is 4.90 Å². The number of anilines is 1. The van der Waals surface area contributed by atoms with Crippen molar-refractivity contribution in [2.75, 3.05) is 12.3 Å². The molecule has 3 N–H and O–H groups in total. The minimum atomic E-state index is -3.44. The van der Waals surface area contributed by atoms with E-state index < -0.39 is 10.0 Å². The molecule has 1 atom stereocenters.